The van der Waals surface area contributed by atoms with Crippen LogP contribution in [0, 0.1) is 5.92 Å². The molecule has 25 heavy (non-hydrogen) atoms. The minimum atomic E-state index is -0.879. The van der Waals surface area contributed by atoms with Crippen LogP contribution in [0.4, 0.5) is 0 Å². The summed E-state index contributed by atoms with van der Waals surface area (Å²) in [4.78, 5) is 25.9. The van der Waals surface area contributed by atoms with Gasteiger partial charge in [0.2, 0.25) is 0 Å². The van der Waals surface area contributed by atoms with Crippen LogP contribution >= 0.6 is 0 Å². The lowest BCUT2D eigenvalue weighted by Gasteiger charge is -2.32. The zero-order valence-electron chi connectivity index (χ0n) is 14.4. The molecule has 1 aliphatic rings. The van der Waals surface area contributed by atoms with Crippen LogP contribution in [0.5, 0.6) is 0 Å². The van der Waals surface area contributed by atoms with Gasteiger partial charge in [-0.1, -0.05) is 25.1 Å². The van der Waals surface area contributed by atoms with Crippen molar-refractivity contribution in [2.24, 2.45) is 5.92 Å². The van der Waals surface area contributed by atoms with E-state index in [9.17, 15) is 14.7 Å². The molecule has 1 aromatic carbocycles. The summed E-state index contributed by atoms with van der Waals surface area (Å²) in [6, 6.07) is 8.92. The third-order valence-electron chi connectivity index (χ3n) is 4.96. The number of hydrogen-bond acceptors (Lipinski definition) is 3. The van der Waals surface area contributed by atoms with E-state index in [-0.39, 0.29) is 5.91 Å². The monoisotopic (exact) mass is 341 g/mol. The number of aryl methyl sites for hydroxylation is 1. The molecule has 132 valence electrons. The van der Waals surface area contributed by atoms with Crippen LogP contribution in [0.25, 0.3) is 0 Å². The van der Waals surface area contributed by atoms with Crippen LogP contribution in [0.3, 0.4) is 0 Å². The van der Waals surface area contributed by atoms with E-state index in [0.29, 0.717) is 36.6 Å². The number of likely N-dealkylation sites (tertiary alicyclic amines) is 1. The second kappa shape index (κ2) is 7.55. The van der Waals surface area contributed by atoms with Gasteiger partial charge in [-0.15, -0.1) is 0 Å². The number of carboxylic acids is 1. The second-order valence-corrected chi connectivity index (χ2v) is 6.51. The Morgan fingerprint density at radius 1 is 1.16 bits per heavy atom. The van der Waals surface area contributed by atoms with Crippen molar-refractivity contribution in [1.82, 2.24) is 4.90 Å². The molecule has 1 fully saturated rings. The summed E-state index contributed by atoms with van der Waals surface area (Å²) in [6.07, 6.45) is 4.80. The normalized spacial score (nSPS) is 15.3. The van der Waals surface area contributed by atoms with Gasteiger partial charge in [0.1, 0.15) is 5.76 Å². The number of carbonyl (C=O) groups is 2. The van der Waals surface area contributed by atoms with Crippen molar-refractivity contribution < 1.29 is 19.1 Å². The third kappa shape index (κ3) is 3.76. The highest BCUT2D eigenvalue weighted by Crippen LogP contribution is 2.25. The molecule has 0 bridgehead atoms. The Hall–Kier alpha value is -2.56. The number of furan rings is 1. The molecule has 1 saturated heterocycles. The fraction of sp³-hybridized carbons (Fsp3) is 0.400. The Balaban J connectivity index is 1.61. The quantitative estimate of drug-likeness (QED) is 0.901. The molecular formula is C20H23NO4. The van der Waals surface area contributed by atoms with Crippen molar-refractivity contribution in [3.63, 3.8) is 0 Å². The van der Waals surface area contributed by atoms with E-state index < -0.39 is 5.97 Å². The number of rotatable bonds is 5. The Morgan fingerprint density at radius 3 is 2.56 bits per heavy atom. The van der Waals surface area contributed by atoms with Crippen molar-refractivity contribution >= 4 is 11.9 Å². The summed E-state index contributed by atoms with van der Waals surface area (Å²) in [5, 5.41) is 9.30. The molecule has 1 N–H and O–H groups in total. The molecule has 5 nitrogen and oxygen atoms in total. The summed E-state index contributed by atoms with van der Waals surface area (Å²) in [6.45, 7) is 3.38. The number of nitrogens with zero attached hydrogens (tertiary/aromatic N) is 1. The fourth-order valence-electron chi connectivity index (χ4n) is 3.53. The van der Waals surface area contributed by atoms with Crippen molar-refractivity contribution in [2.45, 2.75) is 32.6 Å². The van der Waals surface area contributed by atoms with Gasteiger partial charge in [-0.25, -0.2) is 4.79 Å². The SMILES string of the molecule is CCc1occc1C(=O)N1CCC(Cc2ccccc2C(=O)O)CC1. The zero-order valence-corrected chi connectivity index (χ0v) is 14.4. The molecule has 0 radical (unpaired) electrons. The summed E-state index contributed by atoms with van der Waals surface area (Å²) in [5.41, 5.74) is 1.92. The smallest absolute Gasteiger partial charge is 0.335 e. The Labute approximate surface area is 147 Å². The van der Waals surface area contributed by atoms with E-state index in [0.717, 1.165) is 30.6 Å². The van der Waals surface area contributed by atoms with Crippen LogP contribution in [-0.2, 0) is 12.8 Å². The average Bonchev–Trinajstić information content (AvgIpc) is 3.11. The van der Waals surface area contributed by atoms with E-state index in [1.165, 1.54) is 0 Å². The highest BCUT2D eigenvalue weighted by atomic mass is 16.4. The Kier molecular flexibility index (Phi) is 5.22. The number of benzene rings is 1. The van der Waals surface area contributed by atoms with E-state index in [2.05, 4.69) is 0 Å². The lowest BCUT2D eigenvalue weighted by atomic mass is 9.88. The number of piperidine rings is 1. The number of amides is 1. The van der Waals surface area contributed by atoms with Crippen LogP contribution in [0.15, 0.2) is 41.0 Å². The average molecular weight is 341 g/mol. The number of carbonyl (C=O) groups excluding carboxylic acids is 1. The predicted molar refractivity (Wildman–Crippen MR) is 93.8 cm³/mol. The highest BCUT2D eigenvalue weighted by molar-refractivity contribution is 5.95. The molecule has 0 aliphatic carbocycles. The molecule has 0 saturated carbocycles. The van der Waals surface area contributed by atoms with Crippen molar-refractivity contribution in [3.05, 3.63) is 59.0 Å². The molecule has 1 aliphatic heterocycles. The largest absolute Gasteiger partial charge is 0.478 e. The van der Waals surface area contributed by atoms with Gasteiger partial charge in [0.15, 0.2) is 0 Å². The molecule has 2 heterocycles. The zero-order chi connectivity index (χ0) is 17.8. The summed E-state index contributed by atoms with van der Waals surface area (Å²) >= 11 is 0. The van der Waals surface area contributed by atoms with Crippen LogP contribution in [0.2, 0.25) is 0 Å². The van der Waals surface area contributed by atoms with Crippen LogP contribution in [-0.4, -0.2) is 35.0 Å². The molecule has 2 aromatic rings. The standard InChI is InChI=1S/C20H23NO4/c1-2-18-17(9-12-25-18)19(22)21-10-7-14(8-11-21)13-15-5-3-4-6-16(15)20(23)24/h3-6,9,12,14H,2,7-8,10-11,13H2,1H3,(H,23,24). The third-order valence-corrected chi connectivity index (χ3v) is 4.96. The maximum atomic E-state index is 12.6. The molecule has 5 heteroatoms. The Morgan fingerprint density at radius 2 is 1.88 bits per heavy atom. The van der Waals surface area contributed by atoms with Gasteiger partial charge >= 0.3 is 5.97 Å². The van der Waals surface area contributed by atoms with Gasteiger partial charge in [0, 0.05) is 19.5 Å². The lowest BCUT2D eigenvalue weighted by Crippen LogP contribution is -2.39. The molecule has 0 atom stereocenters. The van der Waals surface area contributed by atoms with E-state index in [1.807, 2.05) is 24.0 Å². The van der Waals surface area contributed by atoms with E-state index in [1.54, 1.807) is 24.5 Å². The van der Waals surface area contributed by atoms with E-state index in [4.69, 9.17) is 4.42 Å². The topological polar surface area (TPSA) is 70.8 Å². The van der Waals surface area contributed by atoms with Crippen molar-refractivity contribution in [2.75, 3.05) is 13.1 Å². The first kappa shape index (κ1) is 17.3. The van der Waals surface area contributed by atoms with Gasteiger partial charge in [-0.05, 0) is 42.9 Å². The molecular weight excluding hydrogens is 318 g/mol. The Bertz CT molecular complexity index is 757. The summed E-state index contributed by atoms with van der Waals surface area (Å²) < 4.78 is 5.36. The van der Waals surface area contributed by atoms with Gasteiger partial charge in [0.25, 0.3) is 5.91 Å². The maximum Gasteiger partial charge on any atom is 0.335 e. The van der Waals surface area contributed by atoms with Gasteiger partial charge in [-0.3, -0.25) is 4.79 Å². The first-order valence-corrected chi connectivity index (χ1v) is 8.77. The number of carboxylic acid groups (broad SMARTS) is 1. The highest BCUT2D eigenvalue weighted by Gasteiger charge is 2.26. The number of hydrogen-bond donors (Lipinski definition) is 1. The van der Waals surface area contributed by atoms with Crippen LogP contribution in [0.1, 0.15) is 51.8 Å². The minimum Gasteiger partial charge on any atom is -0.478 e. The minimum absolute atomic E-state index is 0.0370. The van der Waals surface area contributed by atoms with Crippen molar-refractivity contribution in [3.8, 4) is 0 Å². The predicted octanol–water partition coefficient (Wildman–Crippen LogP) is 3.64. The summed E-state index contributed by atoms with van der Waals surface area (Å²) in [5.74, 6) is 0.298. The fourth-order valence-corrected chi connectivity index (χ4v) is 3.53. The molecule has 1 aromatic heterocycles. The van der Waals surface area contributed by atoms with Crippen LogP contribution < -0.4 is 0 Å². The van der Waals surface area contributed by atoms with Gasteiger partial charge in [0.05, 0.1) is 17.4 Å². The summed E-state index contributed by atoms with van der Waals surface area (Å²) in [7, 11) is 0. The second-order valence-electron chi connectivity index (χ2n) is 6.51. The number of aromatic carboxylic acids is 1. The molecule has 1 amide bonds. The van der Waals surface area contributed by atoms with Gasteiger partial charge in [-0.2, -0.15) is 0 Å². The van der Waals surface area contributed by atoms with Crippen molar-refractivity contribution in [1.29, 1.82) is 0 Å². The lowest BCUT2D eigenvalue weighted by molar-refractivity contribution is 0.0688. The molecule has 3 rings (SSSR count). The first-order valence-electron chi connectivity index (χ1n) is 8.77. The molecule has 0 spiro atoms. The maximum absolute atomic E-state index is 12.6. The van der Waals surface area contributed by atoms with E-state index >= 15 is 0 Å². The first-order chi connectivity index (χ1) is 12.1. The van der Waals surface area contributed by atoms with Gasteiger partial charge < -0.3 is 14.4 Å². The molecule has 0 unspecified atom stereocenters.